The van der Waals surface area contributed by atoms with Crippen molar-refractivity contribution in [3.8, 4) is 11.5 Å². The maximum atomic E-state index is 6.04. The van der Waals surface area contributed by atoms with Gasteiger partial charge in [-0.05, 0) is 29.8 Å². The summed E-state index contributed by atoms with van der Waals surface area (Å²) in [6, 6.07) is 13.9. The average Bonchev–Trinajstić information content (AvgIpc) is 3.08. The molecule has 1 aliphatic rings. The van der Waals surface area contributed by atoms with E-state index >= 15 is 0 Å². The first kappa shape index (κ1) is 14.9. The summed E-state index contributed by atoms with van der Waals surface area (Å²) in [7, 11) is 1.65. The average molecular weight is 361 g/mol. The summed E-state index contributed by atoms with van der Waals surface area (Å²) in [5.74, 6) is 2.30. The molecule has 0 bridgehead atoms. The van der Waals surface area contributed by atoms with E-state index in [1.807, 2.05) is 42.5 Å². The lowest BCUT2D eigenvalue weighted by Crippen LogP contribution is -2.20. The van der Waals surface area contributed by atoms with Crippen LogP contribution in [0.5, 0.6) is 11.5 Å². The van der Waals surface area contributed by atoms with Crippen LogP contribution in [0.3, 0.4) is 0 Å². The second-order valence-corrected chi connectivity index (χ2v) is 5.82. The predicted octanol–water partition coefficient (Wildman–Crippen LogP) is 3.39. The Morgan fingerprint density at radius 3 is 2.68 bits per heavy atom. The van der Waals surface area contributed by atoms with Crippen molar-refractivity contribution in [1.82, 2.24) is 5.32 Å². The third-order valence-corrected chi connectivity index (χ3v) is 3.95. The van der Waals surface area contributed by atoms with Gasteiger partial charge in [0.2, 0.25) is 0 Å². The number of amidine groups is 1. The second-order valence-electron chi connectivity index (χ2n) is 4.91. The Labute approximate surface area is 138 Å². The summed E-state index contributed by atoms with van der Waals surface area (Å²) in [6.45, 7) is 2.13. The molecule has 0 aromatic heterocycles. The molecule has 2 aromatic carbocycles. The van der Waals surface area contributed by atoms with Crippen LogP contribution in [0.25, 0.3) is 0 Å². The van der Waals surface area contributed by atoms with E-state index in [4.69, 9.17) is 9.47 Å². The number of nitrogens with zero attached hydrogens (tertiary/aromatic N) is 1. The summed E-state index contributed by atoms with van der Waals surface area (Å²) in [5.41, 5.74) is 2.04. The van der Waals surface area contributed by atoms with E-state index in [-0.39, 0.29) is 0 Å². The minimum atomic E-state index is 0.480. The first-order valence-corrected chi connectivity index (χ1v) is 7.90. The molecule has 0 saturated heterocycles. The Hall–Kier alpha value is -2.01. The molecule has 0 aliphatic carbocycles. The zero-order valence-corrected chi connectivity index (χ0v) is 13.9. The maximum Gasteiger partial charge on any atom is 0.172 e. The number of halogens is 1. The number of benzene rings is 2. The molecule has 1 aliphatic heterocycles. The fraction of sp³-hybridized carbons (Fsp3) is 0.235. The second kappa shape index (κ2) is 6.83. The minimum Gasteiger partial charge on any atom is -0.493 e. The molecule has 0 amide bonds. The lowest BCUT2D eigenvalue weighted by atomic mass is 10.1. The molecule has 4 nitrogen and oxygen atoms in total. The minimum absolute atomic E-state index is 0.480. The number of aliphatic imine (C=N–C) groups is 1. The van der Waals surface area contributed by atoms with Crippen LogP contribution in [-0.2, 0) is 6.61 Å². The van der Waals surface area contributed by atoms with Gasteiger partial charge in [0, 0.05) is 11.0 Å². The van der Waals surface area contributed by atoms with Gasteiger partial charge >= 0.3 is 0 Å². The van der Waals surface area contributed by atoms with E-state index in [1.165, 1.54) is 0 Å². The fourth-order valence-corrected chi connectivity index (χ4v) is 2.59. The molecule has 5 heteroatoms. The molecule has 1 N–H and O–H groups in total. The van der Waals surface area contributed by atoms with Crippen LogP contribution in [0, 0.1) is 0 Å². The zero-order valence-electron chi connectivity index (χ0n) is 12.3. The van der Waals surface area contributed by atoms with Crippen LogP contribution >= 0.6 is 15.9 Å². The van der Waals surface area contributed by atoms with E-state index in [9.17, 15) is 0 Å². The van der Waals surface area contributed by atoms with E-state index in [1.54, 1.807) is 7.11 Å². The Morgan fingerprint density at radius 1 is 1.18 bits per heavy atom. The van der Waals surface area contributed by atoms with Crippen molar-refractivity contribution in [3.63, 3.8) is 0 Å². The van der Waals surface area contributed by atoms with Gasteiger partial charge in [-0.3, -0.25) is 4.99 Å². The van der Waals surface area contributed by atoms with Crippen LogP contribution in [0.4, 0.5) is 0 Å². The number of hydrogen-bond acceptors (Lipinski definition) is 4. The fourth-order valence-electron chi connectivity index (χ4n) is 2.33. The molecule has 3 rings (SSSR count). The van der Waals surface area contributed by atoms with Gasteiger partial charge in [0.25, 0.3) is 0 Å². The predicted molar refractivity (Wildman–Crippen MR) is 90.9 cm³/mol. The number of nitrogens with one attached hydrogen (secondary N) is 1. The van der Waals surface area contributed by atoms with E-state index < -0.39 is 0 Å². The zero-order chi connectivity index (χ0) is 15.4. The molecule has 0 atom stereocenters. The van der Waals surface area contributed by atoms with Crippen molar-refractivity contribution < 1.29 is 9.47 Å². The summed E-state index contributed by atoms with van der Waals surface area (Å²) in [4.78, 5) is 4.47. The van der Waals surface area contributed by atoms with Crippen LogP contribution in [0.2, 0.25) is 0 Å². The van der Waals surface area contributed by atoms with Crippen LogP contribution in [0.1, 0.15) is 11.1 Å². The van der Waals surface area contributed by atoms with E-state index in [0.29, 0.717) is 12.4 Å². The van der Waals surface area contributed by atoms with E-state index in [2.05, 4.69) is 26.2 Å². The molecule has 0 unspecified atom stereocenters. The van der Waals surface area contributed by atoms with Gasteiger partial charge in [-0.15, -0.1) is 0 Å². The highest BCUT2D eigenvalue weighted by atomic mass is 79.9. The van der Waals surface area contributed by atoms with Gasteiger partial charge in [-0.1, -0.05) is 34.1 Å². The number of rotatable bonds is 5. The van der Waals surface area contributed by atoms with Crippen molar-refractivity contribution >= 4 is 21.8 Å². The Bertz CT molecular complexity index is 684. The third-order valence-electron chi connectivity index (χ3n) is 3.42. The van der Waals surface area contributed by atoms with E-state index in [0.717, 1.165) is 40.3 Å². The van der Waals surface area contributed by atoms with Crippen molar-refractivity contribution in [2.45, 2.75) is 6.61 Å². The van der Waals surface area contributed by atoms with Crippen LogP contribution in [0.15, 0.2) is 51.9 Å². The molecule has 0 spiro atoms. The van der Waals surface area contributed by atoms with Gasteiger partial charge in [0.05, 0.1) is 19.2 Å². The Balaban J connectivity index is 1.86. The molecule has 114 valence electrons. The number of hydrogen-bond donors (Lipinski definition) is 1. The molecular weight excluding hydrogens is 344 g/mol. The first-order valence-electron chi connectivity index (χ1n) is 7.11. The van der Waals surface area contributed by atoms with Gasteiger partial charge in [-0.2, -0.15) is 0 Å². The van der Waals surface area contributed by atoms with Crippen LogP contribution in [-0.4, -0.2) is 26.0 Å². The molecule has 0 fully saturated rings. The molecular formula is C17H17BrN2O2. The van der Waals surface area contributed by atoms with Gasteiger partial charge in [-0.25, -0.2) is 0 Å². The number of methoxy groups -OCH3 is 1. The summed E-state index contributed by atoms with van der Waals surface area (Å²) in [6.07, 6.45) is 0. The lowest BCUT2D eigenvalue weighted by Gasteiger charge is -2.15. The number of para-hydroxylation sites is 1. The molecule has 22 heavy (non-hydrogen) atoms. The van der Waals surface area contributed by atoms with Gasteiger partial charge in [0.15, 0.2) is 11.5 Å². The number of ether oxygens (including phenoxy) is 2. The lowest BCUT2D eigenvalue weighted by molar-refractivity contribution is 0.284. The molecule has 1 heterocycles. The van der Waals surface area contributed by atoms with Crippen molar-refractivity contribution in [1.29, 1.82) is 0 Å². The summed E-state index contributed by atoms with van der Waals surface area (Å²) >= 11 is 3.44. The maximum absolute atomic E-state index is 6.04. The molecule has 0 radical (unpaired) electrons. The largest absolute Gasteiger partial charge is 0.493 e. The highest BCUT2D eigenvalue weighted by Gasteiger charge is 2.17. The Kier molecular flexibility index (Phi) is 4.63. The first-order chi connectivity index (χ1) is 10.8. The third kappa shape index (κ3) is 3.25. The topological polar surface area (TPSA) is 42.8 Å². The Morgan fingerprint density at radius 2 is 2.00 bits per heavy atom. The quantitative estimate of drug-likeness (QED) is 0.888. The smallest absolute Gasteiger partial charge is 0.172 e. The summed E-state index contributed by atoms with van der Waals surface area (Å²) < 4.78 is 12.5. The molecule has 2 aromatic rings. The normalized spacial score (nSPS) is 13.5. The summed E-state index contributed by atoms with van der Waals surface area (Å²) in [5, 5.41) is 3.28. The molecule has 0 saturated carbocycles. The standard InChI is InChI=1S/C17H17BrN2O2/c1-21-15-4-2-3-14(17-19-9-10-20-17)16(15)22-11-12-5-7-13(18)8-6-12/h2-8H,9-11H2,1H3,(H,19,20). The van der Waals surface area contributed by atoms with Gasteiger partial charge < -0.3 is 14.8 Å². The van der Waals surface area contributed by atoms with Crippen molar-refractivity contribution in [2.75, 3.05) is 20.2 Å². The van der Waals surface area contributed by atoms with Crippen molar-refractivity contribution in [2.24, 2.45) is 4.99 Å². The van der Waals surface area contributed by atoms with Crippen molar-refractivity contribution in [3.05, 3.63) is 58.1 Å². The van der Waals surface area contributed by atoms with Crippen LogP contribution < -0.4 is 14.8 Å². The van der Waals surface area contributed by atoms with Gasteiger partial charge in [0.1, 0.15) is 12.4 Å². The highest BCUT2D eigenvalue weighted by Crippen LogP contribution is 2.32. The monoisotopic (exact) mass is 360 g/mol. The SMILES string of the molecule is COc1cccc(C2=NCCN2)c1OCc1ccc(Br)cc1. The highest BCUT2D eigenvalue weighted by molar-refractivity contribution is 9.10.